The second-order valence-electron chi connectivity index (χ2n) is 7.86. The number of hydrogen-bond donors (Lipinski definition) is 0. The summed E-state index contributed by atoms with van der Waals surface area (Å²) in [5, 5.41) is 0. The van der Waals surface area contributed by atoms with E-state index in [1.807, 2.05) is 0 Å². The van der Waals surface area contributed by atoms with E-state index in [0.29, 0.717) is 0 Å². The average molecular weight is 455 g/mol. The van der Waals surface area contributed by atoms with Crippen molar-refractivity contribution in [3.8, 4) is 0 Å². The molecular formula is C17H38F3O4PSSi. The van der Waals surface area contributed by atoms with E-state index in [1.54, 1.807) is 0 Å². The molecule has 0 rings (SSSR count). The molecule has 0 heterocycles. The molecule has 27 heavy (non-hydrogen) atoms. The largest absolute Gasteiger partial charge is 0.741 e. The molecule has 0 fully saturated rings. The Bertz CT molecular complexity index is 458. The molecule has 0 spiro atoms. The fraction of sp³-hybridized carbons (Fsp3) is 1.00. The highest BCUT2D eigenvalue weighted by Gasteiger charge is 2.38. The Morgan fingerprint density at radius 1 is 0.889 bits per heavy atom. The molecule has 0 amide bonds. The smallest absolute Gasteiger partial charge is 0.485 e. The molecule has 0 atom stereocenters. The summed E-state index contributed by atoms with van der Waals surface area (Å²) >= 11 is 0. The zero-order valence-electron chi connectivity index (χ0n) is 17.7. The third-order valence-corrected chi connectivity index (χ3v) is 10.3. The molecule has 0 radical (unpaired) electrons. The Hall–Kier alpha value is 0.307. The first-order valence-electron chi connectivity index (χ1n) is 9.65. The Morgan fingerprint density at radius 3 is 1.37 bits per heavy atom. The van der Waals surface area contributed by atoms with Gasteiger partial charge in [0.2, 0.25) is 0 Å². The molecule has 0 bridgehead atoms. The normalized spacial score (nSPS) is 13.3. The minimum absolute atomic E-state index is 0.830. The summed E-state index contributed by atoms with van der Waals surface area (Å²) < 4.78 is 65.3. The van der Waals surface area contributed by atoms with Gasteiger partial charge in [0.1, 0.15) is 6.35 Å². The molecule has 4 nitrogen and oxygen atoms in total. The van der Waals surface area contributed by atoms with Gasteiger partial charge in [-0.05, 0) is 38.9 Å². The summed E-state index contributed by atoms with van der Waals surface area (Å²) in [6, 6.07) is 0. The van der Waals surface area contributed by atoms with E-state index < -0.39 is 31.2 Å². The van der Waals surface area contributed by atoms with Crippen molar-refractivity contribution in [1.82, 2.24) is 0 Å². The number of alkyl halides is 3. The van der Waals surface area contributed by atoms with E-state index in [9.17, 15) is 13.2 Å². The minimum atomic E-state index is -6.09. The molecule has 0 N–H and O–H groups in total. The quantitative estimate of drug-likeness (QED) is 0.151. The van der Waals surface area contributed by atoms with E-state index in [2.05, 4.69) is 40.4 Å². The highest BCUT2D eigenvalue weighted by molar-refractivity contribution is 7.86. The van der Waals surface area contributed by atoms with Gasteiger partial charge in [-0.3, -0.25) is 0 Å². The van der Waals surface area contributed by atoms with Gasteiger partial charge in [0.15, 0.2) is 18.4 Å². The number of hydrogen-bond acceptors (Lipinski definition) is 4. The predicted molar refractivity (Wildman–Crippen MR) is 111 cm³/mol. The van der Waals surface area contributed by atoms with Gasteiger partial charge in [0.05, 0.1) is 18.5 Å². The summed E-state index contributed by atoms with van der Waals surface area (Å²) in [6.07, 6.45) is 13.8. The molecule has 0 aliphatic carbocycles. The van der Waals surface area contributed by atoms with Gasteiger partial charge in [-0.25, -0.2) is 8.42 Å². The molecule has 0 saturated carbocycles. The Kier molecular flexibility index (Phi) is 14.8. The van der Waals surface area contributed by atoms with Gasteiger partial charge >= 0.3 is 5.51 Å². The molecular weight excluding hydrogens is 416 g/mol. The van der Waals surface area contributed by atoms with Crippen LogP contribution in [0.15, 0.2) is 0 Å². The van der Waals surface area contributed by atoms with Crippen LogP contribution in [0.25, 0.3) is 0 Å². The molecule has 0 aromatic carbocycles. The zero-order valence-corrected chi connectivity index (χ0v) is 20.4. The number of rotatable bonds is 12. The summed E-state index contributed by atoms with van der Waals surface area (Å²) in [7, 11) is -8.28. The van der Waals surface area contributed by atoms with Crippen LogP contribution in [0.3, 0.4) is 0 Å². The molecule has 10 heteroatoms. The summed E-state index contributed by atoms with van der Waals surface area (Å²) in [5.74, 6) is 0. The van der Waals surface area contributed by atoms with Crippen LogP contribution < -0.4 is 0 Å². The highest BCUT2D eigenvalue weighted by Crippen LogP contribution is 2.61. The molecule has 0 aromatic heterocycles. The first kappa shape index (κ1) is 29.5. The van der Waals surface area contributed by atoms with Crippen LogP contribution in [0.2, 0.25) is 19.6 Å². The third kappa shape index (κ3) is 15.9. The molecule has 166 valence electrons. The standard InChI is InChI=1S/C16H38OPSi.CHF3O3S/c1-7-10-13-18(14-11-8-2,15-12-9-3)16-17-19(4,5)6;2-1(3,4)8(5,6)7/h7-16H2,1-6H3;(H,5,6,7)/q+1;/p-1. The summed E-state index contributed by atoms with van der Waals surface area (Å²) in [4.78, 5) is 0. The fourth-order valence-corrected chi connectivity index (χ4v) is 9.00. The van der Waals surface area contributed by atoms with E-state index in [1.165, 1.54) is 57.0 Å². The highest BCUT2D eigenvalue weighted by atomic mass is 32.2. The van der Waals surface area contributed by atoms with Crippen LogP contribution in [0.1, 0.15) is 59.3 Å². The Balaban J connectivity index is 0. The van der Waals surface area contributed by atoms with Crippen molar-refractivity contribution in [1.29, 1.82) is 0 Å². The maximum Gasteiger partial charge on any atom is 0.485 e. The molecule has 0 saturated heterocycles. The first-order chi connectivity index (χ1) is 12.1. The third-order valence-electron chi connectivity index (χ3n) is 4.01. The van der Waals surface area contributed by atoms with Gasteiger partial charge in [-0.2, -0.15) is 13.2 Å². The van der Waals surface area contributed by atoms with E-state index in [4.69, 9.17) is 17.4 Å². The first-order valence-corrected chi connectivity index (χ1v) is 17.0. The van der Waals surface area contributed by atoms with Crippen LogP contribution in [0.5, 0.6) is 0 Å². The van der Waals surface area contributed by atoms with Gasteiger partial charge < -0.3 is 8.98 Å². The van der Waals surface area contributed by atoms with E-state index in [0.717, 1.165) is 6.35 Å². The molecule has 0 aromatic rings. The maximum absolute atomic E-state index is 10.7. The van der Waals surface area contributed by atoms with Gasteiger partial charge in [-0.15, -0.1) is 0 Å². The lowest BCUT2D eigenvalue weighted by molar-refractivity contribution is -0.0517. The van der Waals surface area contributed by atoms with Crippen molar-refractivity contribution in [3.05, 3.63) is 0 Å². The predicted octanol–water partition coefficient (Wildman–Crippen LogP) is 6.26. The monoisotopic (exact) mass is 454 g/mol. The summed E-state index contributed by atoms with van der Waals surface area (Å²) in [6.45, 7) is 14.0. The summed E-state index contributed by atoms with van der Waals surface area (Å²) in [5.41, 5.74) is -5.65. The lowest BCUT2D eigenvalue weighted by atomic mass is 10.4. The van der Waals surface area contributed by atoms with Gasteiger partial charge in [-0.1, -0.05) is 40.0 Å². The van der Waals surface area contributed by atoms with Crippen LogP contribution in [0, 0.1) is 0 Å². The van der Waals surface area contributed by atoms with E-state index >= 15 is 0 Å². The Morgan fingerprint density at radius 2 is 1.19 bits per heavy atom. The Labute approximate surface area is 165 Å². The lowest BCUT2D eigenvalue weighted by Crippen LogP contribution is -2.28. The molecule has 0 aliphatic heterocycles. The fourth-order valence-electron chi connectivity index (χ4n) is 2.34. The SMILES string of the molecule is CCCC[P+](CCCC)(CCCC)CO[Si](C)(C)C.O=S(=O)([O-])C(F)(F)F. The zero-order chi connectivity index (χ0) is 21.8. The number of unbranched alkanes of at least 4 members (excludes halogenated alkanes) is 3. The minimum Gasteiger partial charge on any atom is -0.741 e. The van der Waals surface area contributed by atoms with Crippen LogP contribution in [-0.4, -0.2) is 51.6 Å². The van der Waals surface area contributed by atoms with Crippen molar-refractivity contribution >= 4 is 25.7 Å². The van der Waals surface area contributed by atoms with Crippen molar-refractivity contribution in [2.45, 2.75) is 84.4 Å². The van der Waals surface area contributed by atoms with Crippen LogP contribution in [0.4, 0.5) is 13.2 Å². The number of halogens is 3. The van der Waals surface area contributed by atoms with Crippen molar-refractivity contribution in [3.63, 3.8) is 0 Å². The second-order valence-corrected chi connectivity index (χ2v) is 18.0. The van der Waals surface area contributed by atoms with Crippen molar-refractivity contribution in [2.75, 3.05) is 24.8 Å². The van der Waals surface area contributed by atoms with Crippen molar-refractivity contribution < 1.29 is 30.6 Å². The lowest BCUT2D eigenvalue weighted by Gasteiger charge is -2.30. The molecule has 0 aliphatic rings. The van der Waals surface area contributed by atoms with Gasteiger partial charge in [0.25, 0.3) is 0 Å². The van der Waals surface area contributed by atoms with Gasteiger partial charge in [0, 0.05) is 7.26 Å². The topological polar surface area (TPSA) is 66.4 Å². The van der Waals surface area contributed by atoms with Crippen molar-refractivity contribution in [2.24, 2.45) is 0 Å². The maximum atomic E-state index is 10.7. The van der Waals surface area contributed by atoms with E-state index in [-0.39, 0.29) is 0 Å². The average Bonchev–Trinajstić information content (AvgIpc) is 2.51. The van der Waals surface area contributed by atoms with Crippen LogP contribution >= 0.6 is 7.26 Å². The van der Waals surface area contributed by atoms with Crippen LogP contribution in [-0.2, 0) is 14.5 Å². The molecule has 0 unspecified atom stereocenters. The second kappa shape index (κ2) is 13.5.